The molecule has 2 aromatic heterocycles. The lowest BCUT2D eigenvalue weighted by molar-refractivity contribution is 0.110. The van der Waals surface area contributed by atoms with E-state index in [0.29, 0.717) is 6.04 Å². The average molecular weight is 331 g/mol. The molecule has 5 nitrogen and oxygen atoms in total. The molecule has 2 aliphatic rings. The maximum absolute atomic E-state index is 4.27. The van der Waals surface area contributed by atoms with Gasteiger partial charge in [-0.15, -0.1) is 11.3 Å². The van der Waals surface area contributed by atoms with Crippen LogP contribution >= 0.6 is 11.3 Å². The van der Waals surface area contributed by atoms with Gasteiger partial charge in [-0.25, -0.2) is 4.98 Å². The summed E-state index contributed by atoms with van der Waals surface area (Å²) in [5.74, 6) is 0.795. The first-order chi connectivity index (χ1) is 11.2. The smallest absolute Gasteiger partial charge is 0.137 e. The Morgan fingerprint density at radius 3 is 3.00 bits per heavy atom. The van der Waals surface area contributed by atoms with Crippen LogP contribution in [0.25, 0.3) is 0 Å². The quantitative estimate of drug-likeness (QED) is 0.861. The van der Waals surface area contributed by atoms with Crippen LogP contribution in [0.1, 0.15) is 22.6 Å². The molecule has 2 aliphatic heterocycles. The number of aryl methyl sites for hydroxylation is 1. The highest BCUT2D eigenvalue weighted by atomic mass is 32.1. The van der Waals surface area contributed by atoms with Crippen molar-refractivity contribution in [3.05, 3.63) is 34.5 Å². The molecular formula is C17H25N5S. The molecule has 6 heteroatoms. The largest absolute Gasteiger partial charge is 0.298 e. The minimum Gasteiger partial charge on any atom is -0.298 e. The first-order valence-corrected chi connectivity index (χ1v) is 9.32. The third-order valence-corrected chi connectivity index (χ3v) is 6.48. The lowest BCUT2D eigenvalue weighted by Gasteiger charge is -2.37. The van der Waals surface area contributed by atoms with E-state index in [1.165, 1.54) is 35.7 Å². The molecule has 4 rings (SSSR count). The van der Waals surface area contributed by atoms with Crippen LogP contribution in [-0.2, 0) is 13.1 Å². The first kappa shape index (κ1) is 15.3. The average Bonchev–Trinajstić information content (AvgIpc) is 3.24. The minimum absolute atomic E-state index is 0.593. The van der Waals surface area contributed by atoms with E-state index >= 15 is 0 Å². The molecule has 0 aromatic carbocycles. The maximum atomic E-state index is 4.27. The summed E-state index contributed by atoms with van der Waals surface area (Å²) in [6.45, 7) is 6.74. The number of fused-ring (bicyclic) bond motifs is 1. The molecule has 4 heterocycles. The number of aromatic nitrogens is 3. The number of nitrogens with zero attached hydrogens (tertiary/aromatic N) is 5. The van der Waals surface area contributed by atoms with E-state index in [-0.39, 0.29) is 0 Å². The Kier molecular flexibility index (Phi) is 4.22. The molecule has 23 heavy (non-hydrogen) atoms. The molecule has 0 aliphatic carbocycles. The zero-order valence-corrected chi connectivity index (χ0v) is 14.7. The lowest BCUT2D eigenvalue weighted by Crippen LogP contribution is -2.45. The van der Waals surface area contributed by atoms with Gasteiger partial charge in [0.1, 0.15) is 12.7 Å². The summed E-state index contributed by atoms with van der Waals surface area (Å²) < 4.78 is 1.98. The summed E-state index contributed by atoms with van der Waals surface area (Å²) >= 11 is 1.94. The summed E-state index contributed by atoms with van der Waals surface area (Å²) in [5, 5.41) is 4.27. The summed E-state index contributed by atoms with van der Waals surface area (Å²) in [5.41, 5.74) is 0. The summed E-state index contributed by atoms with van der Waals surface area (Å²) in [4.78, 5) is 12.2. The highest BCUT2D eigenvalue weighted by molar-refractivity contribution is 7.11. The van der Waals surface area contributed by atoms with Crippen LogP contribution in [0.15, 0.2) is 24.8 Å². The zero-order valence-electron chi connectivity index (χ0n) is 13.9. The first-order valence-electron chi connectivity index (χ1n) is 8.51. The van der Waals surface area contributed by atoms with Crippen LogP contribution in [0.3, 0.4) is 0 Å². The summed E-state index contributed by atoms with van der Waals surface area (Å²) in [6, 6.07) is 5.87. The van der Waals surface area contributed by atoms with Gasteiger partial charge < -0.3 is 0 Å². The number of likely N-dealkylation sites (N-methyl/N-ethyl adjacent to an activating group) is 1. The number of likely N-dealkylation sites (tertiary alicyclic amines) is 2. The molecule has 2 fully saturated rings. The lowest BCUT2D eigenvalue weighted by atomic mass is 9.92. The topological polar surface area (TPSA) is 37.2 Å². The second kappa shape index (κ2) is 6.34. The number of rotatable bonds is 4. The number of thiophene rings is 1. The predicted molar refractivity (Wildman–Crippen MR) is 92.4 cm³/mol. The van der Waals surface area contributed by atoms with Crippen molar-refractivity contribution >= 4 is 11.3 Å². The second-order valence-electron chi connectivity index (χ2n) is 7.04. The molecule has 0 saturated carbocycles. The fraction of sp³-hybridized carbons (Fsp3) is 0.647. The van der Waals surface area contributed by atoms with E-state index in [9.17, 15) is 0 Å². The van der Waals surface area contributed by atoms with Crippen molar-refractivity contribution in [2.45, 2.75) is 44.9 Å². The molecule has 2 aromatic rings. The number of piperidine rings is 1. The van der Waals surface area contributed by atoms with Gasteiger partial charge in [0.05, 0.1) is 6.54 Å². The molecule has 0 N–H and O–H groups in total. The van der Waals surface area contributed by atoms with E-state index in [1.807, 2.05) is 22.3 Å². The normalized spacial score (nSPS) is 29.0. The van der Waals surface area contributed by atoms with Gasteiger partial charge in [0.2, 0.25) is 0 Å². The van der Waals surface area contributed by atoms with Crippen LogP contribution in [0.5, 0.6) is 0 Å². The molecule has 0 bridgehead atoms. The maximum Gasteiger partial charge on any atom is 0.137 e. The molecule has 3 atom stereocenters. The van der Waals surface area contributed by atoms with Crippen molar-refractivity contribution in [3.63, 3.8) is 0 Å². The van der Waals surface area contributed by atoms with Crippen molar-refractivity contribution in [2.24, 2.45) is 5.92 Å². The Hall–Kier alpha value is -1.24. The molecule has 2 saturated heterocycles. The Labute approximate surface area is 141 Å². The van der Waals surface area contributed by atoms with Crippen LogP contribution in [0, 0.1) is 12.8 Å². The van der Waals surface area contributed by atoms with Crippen molar-refractivity contribution in [1.29, 1.82) is 0 Å². The van der Waals surface area contributed by atoms with Crippen LogP contribution in [-0.4, -0.2) is 56.8 Å². The Morgan fingerprint density at radius 2 is 2.26 bits per heavy atom. The van der Waals surface area contributed by atoms with Gasteiger partial charge in [0.25, 0.3) is 0 Å². The molecule has 124 valence electrons. The highest BCUT2D eigenvalue weighted by Gasteiger charge is 2.41. The third kappa shape index (κ3) is 3.20. The predicted octanol–water partition coefficient (Wildman–Crippen LogP) is 2.24. The van der Waals surface area contributed by atoms with Gasteiger partial charge in [0, 0.05) is 41.5 Å². The fourth-order valence-corrected chi connectivity index (χ4v) is 5.26. The van der Waals surface area contributed by atoms with Crippen LogP contribution < -0.4 is 0 Å². The minimum atomic E-state index is 0.593. The van der Waals surface area contributed by atoms with Crippen molar-refractivity contribution in [3.8, 4) is 0 Å². The van der Waals surface area contributed by atoms with Gasteiger partial charge in [-0.3, -0.25) is 14.5 Å². The number of hydrogen-bond acceptors (Lipinski definition) is 5. The molecule has 0 radical (unpaired) electrons. The Bertz CT molecular complexity index is 637. The van der Waals surface area contributed by atoms with Crippen LogP contribution in [0.2, 0.25) is 0 Å². The Balaban J connectivity index is 1.38. The SMILES string of the molecule is Cc1ccc(CN2CC[C@@H]3[C@@H](C[C@H](Cn4cncn4)N3C)C2)s1. The standard InChI is InChI=1S/C17H25N5S/c1-13-3-4-16(23-13)10-21-6-5-17-14(8-21)7-15(20(17)2)9-22-12-18-11-19-22/h3-4,11-12,14-15,17H,5-10H2,1-2H3/t14-,15+,17+/m0/s1. The fourth-order valence-electron chi connectivity index (χ4n) is 4.33. The van der Waals surface area contributed by atoms with Gasteiger partial charge in [-0.05, 0) is 44.9 Å². The monoisotopic (exact) mass is 331 g/mol. The van der Waals surface area contributed by atoms with Crippen molar-refractivity contribution in [2.75, 3.05) is 20.1 Å². The van der Waals surface area contributed by atoms with Gasteiger partial charge >= 0.3 is 0 Å². The zero-order chi connectivity index (χ0) is 15.8. The van der Waals surface area contributed by atoms with E-state index in [0.717, 1.165) is 25.0 Å². The number of hydrogen-bond donors (Lipinski definition) is 0. The summed E-state index contributed by atoms with van der Waals surface area (Å²) in [6.07, 6.45) is 6.04. The van der Waals surface area contributed by atoms with Gasteiger partial charge in [0.15, 0.2) is 0 Å². The van der Waals surface area contributed by atoms with Crippen molar-refractivity contribution in [1.82, 2.24) is 24.6 Å². The third-order valence-electron chi connectivity index (χ3n) is 5.49. The van der Waals surface area contributed by atoms with E-state index in [2.05, 4.69) is 46.0 Å². The molecular weight excluding hydrogens is 306 g/mol. The highest BCUT2D eigenvalue weighted by Crippen LogP contribution is 2.35. The van der Waals surface area contributed by atoms with Gasteiger partial charge in [-0.1, -0.05) is 0 Å². The molecule has 0 spiro atoms. The molecule has 0 amide bonds. The summed E-state index contributed by atoms with van der Waals surface area (Å²) in [7, 11) is 2.30. The van der Waals surface area contributed by atoms with Crippen molar-refractivity contribution < 1.29 is 0 Å². The van der Waals surface area contributed by atoms with E-state index in [1.54, 1.807) is 6.33 Å². The molecule has 0 unspecified atom stereocenters. The Morgan fingerprint density at radius 1 is 1.35 bits per heavy atom. The van der Waals surface area contributed by atoms with Gasteiger partial charge in [-0.2, -0.15) is 5.10 Å². The second-order valence-corrected chi connectivity index (χ2v) is 8.41. The van der Waals surface area contributed by atoms with E-state index in [4.69, 9.17) is 0 Å². The van der Waals surface area contributed by atoms with Crippen LogP contribution in [0.4, 0.5) is 0 Å². The van der Waals surface area contributed by atoms with E-state index < -0.39 is 0 Å².